The molecule has 0 radical (unpaired) electrons. The standard InChI is InChI=1S/C20H20N4OS/c1-13-6-9-18(14(2)10-13)24-20(21-22-23-24)26-12-19(25)17-8-7-15-4-3-5-16(15)11-17/h6-11H,3-5,12H2,1-2H3. The molecule has 0 bridgehead atoms. The SMILES string of the molecule is Cc1ccc(-n2nnnc2SCC(=O)c2ccc3c(c2)CCC3)c(C)c1. The maximum Gasteiger partial charge on any atom is 0.214 e. The van der Waals surface area contributed by atoms with Crippen molar-refractivity contribution in [3.63, 3.8) is 0 Å². The number of aromatic nitrogens is 4. The van der Waals surface area contributed by atoms with Crippen molar-refractivity contribution in [3.05, 3.63) is 64.2 Å². The van der Waals surface area contributed by atoms with Crippen LogP contribution in [-0.2, 0) is 12.8 Å². The van der Waals surface area contributed by atoms with Crippen molar-refractivity contribution in [2.45, 2.75) is 38.3 Å². The molecule has 0 saturated heterocycles. The van der Waals surface area contributed by atoms with Crippen molar-refractivity contribution in [2.24, 2.45) is 0 Å². The smallest absolute Gasteiger partial charge is 0.214 e. The summed E-state index contributed by atoms with van der Waals surface area (Å²) in [5, 5.41) is 12.6. The van der Waals surface area contributed by atoms with Crippen molar-refractivity contribution >= 4 is 17.5 Å². The van der Waals surface area contributed by atoms with Crippen LogP contribution in [0, 0.1) is 13.8 Å². The fourth-order valence-electron chi connectivity index (χ4n) is 3.42. The molecular formula is C20H20N4OS. The van der Waals surface area contributed by atoms with Crippen molar-refractivity contribution < 1.29 is 4.79 Å². The third-order valence-electron chi connectivity index (χ3n) is 4.77. The van der Waals surface area contributed by atoms with E-state index >= 15 is 0 Å². The van der Waals surface area contributed by atoms with E-state index in [1.165, 1.54) is 34.9 Å². The molecule has 0 saturated carbocycles. The summed E-state index contributed by atoms with van der Waals surface area (Å²) in [7, 11) is 0. The summed E-state index contributed by atoms with van der Waals surface area (Å²) < 4.78 is 1.70. The van der Waals surface area contributed by atoms with Gasteiger partial charge in [0.15, 0.2) is 5.78 Å². The molecule has 0 N–H and O–H groups in total. The Bertz CT molecular complexity index is 980. The van der Waals surface area contributed by atoms with E-state index < -0.39 is 0 Å². The number of aryl methyl sites for hydroxylation is 4. The fraction of sp³-hybridized carbons (Fsp3) is 0.300. The van der Waals surface area contributed by atoms with E-state index in [0.717, 1.165) is 29.7 Å². The molecule has 6 heteroatoms. The molecule has 3 aromatic rings. The number of fused-ring (bicyclic) bond motifs is 1. The largest absolute Gasteiger partial charge is 0.293 e. The lowest BCUT2D eigenvalue weighted by atomic mass is 10.0. The van der Waals surface area contributed by atoms with Gasteiger partial charge in [-0.3, -0.25) is 4.79 Å². The molecule has 1 aliphatic rings. The quantitative estimate of drug-likeness (QED) is 0.510. The number of thioether (sulfide) groups is 1. The van der Waals surface area contributed by atoms with Crippen LogP contribution in [0.5, 0.6) is 0 Å². The van der Waals surface area contributed by atoms with Gasteiger partial charge >= 0.3 is 0 Å². The second kappa shape index (κ2) is 7.03. The molecule has 0 fully saturated rings. The average molecular weight is 364 g/mol. The number of nitrogens with zero attached hydrogens (tertiary/aromatic N) is 4. The molecule has 0 amide bonds. The van der Waals surface area contributed by atoms with Crippen LogP contribution in [0.3, 0.4) is 0 Å². The normalized spacial score (nSPS) is 13.0. The zero-order chi connectivity index (χ0) is 18.1. The topological polar surface area (TPSA) is 60.7 Å². The maximum absolute atomic E-state index is 12.6. The minimum Gasteiger partial charge on any atom is -0.293 e. The molecule has 0 aliphatic heterocycles. The second-order valence-electron chi connectivity index (χ2n) is 6.71. The van der Waals surface area contributed by atoms with Crippen LogP contribution >= 0.6 is 11.8 Å². The molecular weight excluding hydrogens is 344 g/mol. The van der Waals surface area contributed by atoms with Crippen LogP contribution in [0.25, 0.3) is 5.69 Å². The first kappa shape index (κ1) is 17.0. The summed E-state index contributed by atoms with van der Waals surface area (Å²) in [6.07, 6.45) is 3.39. The van der Waals surface area contributed by atoms with Gasteiger partial charge in [-0.2, -0.15) is 4.68 Å². The number of Topliss-reactive ketones (excluding diaryl/α,β-unsaturated/α-hetero) is 1. The van der Waals surface area contributed by atoms with Gasteiger partial charge in [0.1, 0.15) is 0 Å². The van der Waals surface area contributed by atoms with E-state index in [2.05, 4.69) is 40.6 Å². The Labute approximate surface area is 156 Å². The minimum atomic E-state index is 0.111. The Kier molecular flexibility index (Phi) is 4.59. The molecule has 0 spiro atoms. The van der Waals surface area contributed by atoms with Crippen LogP contribution in [-0.4, -0.2) is 31.7 Å². The van der Waals surface area contributed by atoms with Crippen LogP contribution in [0.4, 0.5) is 0 Å². The summed E-state index contributed by atoms with van der Waals surface area (Å²) in [6, 6.07) is 12.2. The molecule has 1 aromatic heterocycles. The summed E-state index contributed by atoms with van der Waals surface area (Å²) in [6.45, 7) is 4.09. The van der Waals surface area contributed by atoms with Gasteiger partial charge in [0, 0.05) is 5.56 Å². The van der Waals surface area contributed by atoms with E-state index in [0.29, 0.717) is 10.9 Å². The molecule has 0 unspecified atom stereocenters. The van der Waals surface area contributed by atoms with E-state index in [4.69, 9.17) is 0 Å². The monoisotopic (exact) mass is 364 g/mol. The number of ketones is 1. The number of benzene rings is 2. The van der Waals surface area contributed by atoms with Crippen molar-refractivity contribution in [3.8, 4) is 5.69 Å². The summed E-state index contributed by atoms with van der Waals surface area (Å²) in [4.78, 5) is 12.6. The van der Waals surface area contributed by atoms with Gasteiger partial charge in [-0.25, -0.2) is 0 Å². The van der Waals surface area contributed by atoms with E-state index in [1.807, 2.05) is 25.1 Å². The highest BCUT2D eigenvalue weighted by Crippen LogP contribution is 2.25. The summed E-state index contributed by atoms with van der Waals surface area (Å²) >= 11 is 1.37. The summed E-state index contributed by atoms with van der Waals surface area (Å²) in [5.74, 6) is 0.434. The fourth-order valence-corrected chi connectivity index (χ4v) is 4.20. The highest BCUT2D eigenvalue weighted by Gasteiger charge is 2.16. The predicted octanol–water partition coefficient (Wildman–Crippen LogP) is 3.74. The number of tetrazole rings is 1. The van der Waals surface area contributed by atoms with Crippen LogP contribution in [0.2, 0.25) is 0 Å². The van der Waals surface area contributed by atoms with Gasteiger partial charge in [0.2, 0.25) is 5.16 Å². The van der Waals surface area contributed by atoms with Crippen molar-refractivity contribution in [1.29, 1.82) is 0 Å². The zero-order valence-corrected chi connectivity index (χ0v) is 15.7. The van der Waals surface area contributed by atoms with Crippen LogP contribution in [0.15, 0.2) is 41.6 Å². The molecule has 1 heterocycles. The maximum atomic E-state index is 12.6. The number of carbonyl (C=O) groups excluding carboxylic acids is 1. The Hall–Kier alpha value is -2.47. The van der Waals surface area contributed by atoms with E-state index in [9.17, 15) is 4.79 Å². The Morgan fingerprint density at radius 1 is 1.12 bits per heavy atom. The third-order valence-corrected chi connectivity index (χ3v) is 5.69. The highest BCUT2D eigenvalue weighted by molar-refractivity contribution is 7.99. The van der Waals surface area contributed by atoms with Gasteiger partial charge in [-0.05, 0) is 72.4 Å². The van der Waals surface area contributed by atoms with Crippen LogP contribution < -0.4 is 0 Å². The molecule has 2 aromatic carbocycles. The van der Waals surface area contributed by atoms with Crippen molar-refractivity contribution in [2.75, 3.05) is 5.75 Å². The first-order valence-electron chi connectivity index (χ1n) is 8.75. The number of carbonyl (C=O) groups is 1. The molecule has 26 heavy (non-hydrogen) atoms. The first-order chi connectivity index (χ1) is 12.6. The molecule has 5 nitrogen and oxygen atoms in total. The second-order valence-corrected chi connectivity index (χ2v) is 7.65. The average Bonchev–Trinajstić information content (AvgIpc) is 3.28. The molecule has 1 aliphatic carbocycles. The lowest BCUT2D eigenvalue weighted by Gasteiger charge is -2.08. The third kappa shape index (κ3) is 3.29. The number of hydrogen-bond acceptors (Lipinski definition) is 5. The number of hydrogen-bond donors (Lipinski definition) is 0. The lowest BCUT2D eigenvalue weighted by molar-refractivity contribution is 0.102. The first-order valence-corrected chi connectivity index (χ1v) is 9.74. The van der Waals surface area contributed by atoms with Crippen molar-refractivity contribution in [1.82, 2.24) is 20.2 Å². The summed E-state index contributed by atoms with van der Waals surface area (Å²) in [5.41, 5.74) is 6.72. The van der Waals surface area contributed by atoms with Crippen LogP contribution in [0.1, 0.15) is 39.0 Å². The Balaban J connectivity index is 1.50. The van der Waals surface area contributed by atoms with Gasteiger partial charge in [0.25, 0.3) is 0 Å². The van der Waals surface area contributed by atoms with Gasteiger partial charge < -0.3 is 0 Å². The lowest BCUT2D eigenvalue weighted by Crippen LogP contribution is -2.06. The van der Waals surface area contributed by atoms with Gasteiger partial charge in [0.05, 0.1) is 11.4 Å². The van der Waals surface area contributed by atoms with E-state index in [-0.39, 0.29) is 5.78 Å². The zero-order valence-electron chi connectivity index (χ0n) is 14.9. The molecule has 132 valence electrons. The van der Waals surface area contributed by atoms with Gasteiger partial charge in [-0.15, -0.1) is 5.10 Å². The number of rotatable bonds is 5. The Morgan fingerprint density at radius 3 is 2.81 bits per heavy atom. The molecule has 4 rings (SSSR count). The van der Waals surface area contributed by atoms with E-state index in [1.54, 1.807) is 4.68 Å². The van der Waals surface area contributed by atoms with Gasteiger partial charge in [-0.1, -0.05) is 41.6 Å². The Morgan fingerprint density at radius 2 is 1.96 bits per heavy atom. The highest BCUT2D eigenvalue weighted by atomic mass is 32.2. The molecule has 0 atom stereocenters. The minimum absolute atomic E-state index is 0.111. The predicted molar refractivity (Wildman–Crippen MR) is 102 cm³/mol.